The Kier molecular flexibility index (Phi) is 6.21. The molecule has 152 valence electrons. The Balaban J connectivity index is 1.82. The largest absolute Gasteiger partial charge is 0.497 e. The zero-order valence-corrected chi connectivity index (χ0v) is 18.3. The maximum Gasteiger partial charge on any atom is 0.190 e. The van der Waals surface area contributed by atoms with Gasteiger partial charge in [-0.05, 0) is 65.7 Å². The summed E-state index contributed by atoms with van der Waals surface area (Å²) in [5.74, 6) is 1.67. The highest BCUT2D eigenvalue weighted by Crippen LogP contribution is 2.25. The van der Waals surface area contributed by atoms with Crippen molar-refractivity contribution in [3.8, 4) is 22.8 Å². The molecule has 0 bridgehead atoms. The molecule has 4 rings (SSSR count). The van der Waals surface area contributed by atoms with Crippen LogP contribution in [0.2, 0.25) is 5.02 Å². The number of methoxy groups -OCH3 is 2. The third-order valence-corrected chi connectivity index (χ3v) is 5.79. The molecule has 3 aromatic carbocycles. The number of thiazole rings is 1. The van der Waals surface area contributed by atoms with E-state index in [0.29, 0.717) is 11.6 Å². The van der Waals surface area contributed by atoms with Crippen LogP contribution in [0.3, 0.4) is 0 Å². The van der Waals surface area contributed by atoms with Crippen LogP contribution in [-0.4, -0.2) is 18.8 Å². The third kappa shape index (κ3) is 4.58. The standard InChI is InChI=1S/C24H21ClN2O2S/c1-28-21-11-9-18(10-12-21)23-16-30-24(26-20-7-4-6-19(25)14-20)27(23)15-17-5-3-8-22(13-17)29-2/h3-14,16H,15H2,1-2H3. The highest BCUT2D eigenvalue weighted by molar-refractivity contribution is 7.07. The van der Waals surface area contributed by atoms with Crippen molar-refractivity contribution >= 4 is 28.6 Å². The summed E-state index contributed by atoms with van der Waals surface area (Å²) in [6, 6.07) is 23.7. The molecule has 1 heterocycles. The van der Waals surface area contributed by atoms with Gasteiger partial charge in [-0.3, -0.25) is 0 Å². The molecule has 0 atom stereocenters. The number of halogens is 1. The molecule has 0 unspecified atom stereocenters. The lowest BCUT2D eigenvalue weighted by molar-refractivity contribution is 0.414. The fourth-order valence-corrected chi connectivity index (χ4v) is 4.29. The van der Waals surface area contributed by atoms with Crippen molar-refractivity contribution < 1.29 is 9.47 Å². The van der Waals surface area contributed by atoms with Gasteiger partial charge in [0.25, 0.3) is 0 Å². The van der Waals surface area contributed by atoms with Crippen LogP contribution in [0.25, 0.3) is 11.3 Å². The zero-order chi connectivity index (χ0) is 20.9. The maximum atomic E-state index is 6.15. The predicted octanol–water partition coefficient (Wildman–Crippen LogP) is 6.17. The number of rotatable bonds is 6. The van der Waals surface area contributed by atoms with Crippen molar-refractivity contribution in [2.24, 2.45) is 4.99 Å². The van der Waals surface area contributed by atoms with E-state index in [2.05, 4.69) is 28.1 Å². The minimum absolute atomic E-state index is 0.668. The Morgan fingerprint density at radius 3 is 2.40 bits per heavy atom. The van der Waals surface area contributed by atoms with E-state index in [1.165, 1.54) is 0 Å². The quantitative estimate of drug-likeness (QED) is 0.362. The summed E-state index contributed by atoms with van der Waals surface area (Å²) in [6.45, 7) is 0.668. The van der Waals surface area contributed by atoms with E-state index in [9.17, 15) is 0 Å². The van der Waals surface area contributed by atoms with Gasteiger partial charge in [-0.2, -0.15) is 0 Å². The van der Waals surface area contributed by atoms with E-state index in [1.807, 2.05) is 54.6 Å². The Labute approximate surface area is 184 Å². The molecule has 0 aliphatic rings. The van der Waals surface area contributed by atoms with E-state index in [1.54, 1.807) is 25.6 Å². The van der Waals surface area contributed by atoms with Gasteiger partial charge in [-0.1, -0.05) is 29.8 Å². The SMILES string of the molecule is COc1ccc(-c2csc(=Nc3cccc(Cl)c3)n2Cc2cccc(OC)c2)cc1. The van der Waals surface area contributed by atoms with Crippen molar-refractivity contribution in [3.05, 3.63) is 93.6 Å². The van der Waals surface area contributed by atoms with Gasteiger partial charge in [0.15, 0.2) is 4.80 Å². The van der Waals surface area contributed by atoms with Gasteiger partial charge in [-0.25, -0.2) is 4.99 Å². The minimum atomic E-state index is 0.668. The number of hydrogen-bond acceptors (Lipinski definition) is 4. The first-order valence-electron chi connectivity index (χ1n) is 9.42. The average molecular weight is 437 g/mol. The molecule has 0 saturated carbocycles. The summed E-state index contributed by atoms with van der Waals surface area (Å²) in [5, 5.41) is 2.80. The van der Waals surface area contributed by atoms with Gasteiger partial charge in [0.1, 0.15) is 11.5 Å². The van der Waals surface area contributed by atoms with Crippen molar-refractivity contribution in [2.75, 3.05) is 14.2 Å². The molecule has 0 saturated heterocycles. The molecule has 1 aromatic heterocycles. The van der Waals surface area contributed by atoms with Crippen LogP contribution in [0.1, 0.15) is 5.56 Å². The summed E-state index contributed by atoms with van der Waals surface area (Å²) < 4.78 is 12.9. The molecule has 0 aliphatic carbocycles. The smallest absolute Gasteiger partial charge is 0.190 e. The summed E-state index contributed by atoms with van der Waals surface area (Å²) in [6.07, 6.45) is 0. The lowest BCUT2D eigenvalue weighted by atomic mass is 10.1. The molecule has 0 spiro atoms. The van der Waals surface area contributed by atoms with Crippen molar-refractivity contribution in [3.63, 3.8) is 0 Å². The monoisotopic (exact) mass is 436 g/mol. The fraction of sp³-hybridized carbons (Fsp3) is 0.125. The Morgan fingerprint density at radius 2 is 1.67 bits per heavy atom. The van der Waals surface area contributed by atoms with Crippen LogP contribution in [0.15, 0.2) is 83.2 Å². The molecule has 4 aromatic rings. The number of aromatic nitrogens is 1. The molecule has 0 N–H and O–H groups in total. The van der Waals surface area contributed by atoms with Gasteiger partial charge in [0.2, 0.25) is 0 Å². The predicted molar refractivity (Wildman–Crippen MR) is 123 cm³/mol. The second-order valence-corrected chi connectivity index (χ2v) is 7.93. The summed E-state index contributed by atoms with van der Waals surface area (Å²) >= 11 is 7.76. The van der Waals surface area contributed by atoms with Crippen LogP contribution >= 0.6 is 22.9 Å². The molecule has 30 heavy (non-hydrogen) atoms. The molecule has 0 radical (unpaired) electrons. The van der Waals surface area contributed by atoms with Gasteiger partial charge in [0, 0.05) is 10.4 Å². The Hall–Kier alpha value is -3.02. The molecular weight excluding hydrogens is 416 g/mol. The Morgan fingerprint density at radius 1 is 0.900 bits per heavy atom. The maximum absolute atomic E-state index is 6.15. The summed E-state index contributed by atoms with van der Waals surface area (Å²) in [5.41, 5.74) is 4.15. The van der Waals surface area contributed by atoms with Crippen LogP contribution in [0.5, 0.6) is 11.5 Å². The highest BCUT2D eigenvalue weighted by atomic mass is 35.5. The molecule has 0 amide bonds. The third-order valence-electron chi connectivity index (χ3n) is 4.69. The van der Waals surface area contributed by atoms with Crippen molar-refractivity contribution in [2.45, 2.75) is 6.54 Å². The van der Waals surface area contributed by atoms with Crippen LogP contribution in [-0.2, 0) is 6.54 Å². The molecule has 6 heteroatoms. The topological polar surface area (TPSA) is 35.8 Å². The van der Waals surface area contributed by atoms with Gasteiger partial charge < -0.3 is 14.0 Å². The molecule has 0 fully saturated rings. The minimum Gasteiger partial charge on any atom is -0.497 e. The first-order valence-corrected chi connectivity index (χ1v) is 10.7. The average Bonchev–Trinajstić information content (AvgIpc) is 3.16. The van der Waals surface area contributed by atoms with Crippen LogP contribution < -0.4 is 14.3 Å². The van der Waals surface area contributed by atoms with E-state index < -0.39 is 0 Å². The van der Waals surface area contributed by atoms with Crippen LogP contribution in [0.4, 0.5) is 5.69 Å². The van der Waals surface area contributed by atoms with Crippen molar-refractivity contribution in [1.82, 2.24) is 4.57 Å². The highest BCUT2D eigenvalue weighted by Gasteiger charge is 2.10. The second-order valence-electron chi connectivity index (χ2n) is 6.66. The first-order chi connectivity index (χ1) is 14.7. The van der Waals surface area contributed by atoms with Crippen molar-refractivity contribution in [1.29, 1.82) is 0 Å². The fourth-order valence-electron chi connectivity index (χ4n) is 3.17. The Bertz CT molecular complexity index is 1210. The second kappa shape index (κ2) is 9.20. The number of benzene rings is 3. The van der Waals surface area contributed by atoms with E-state index in [4.69, 9.17) is 26.1 Å². The van der Waals surface area contributed by atoms with Gasteiger partial charge in [0.05, 0.1) is 32.1 Å². The van der Waals surface area contributed by atoms with E-state index >= 15 is 0 Å². The van der Waals surface area contributed by atoms with Gasteiger partial charge >= 0.3 is 0 Å². The normalized spacial score (nSPS) is 11.5. The zero-order valence-electron chi connectivity index (χ0n) is 16.7. The van der Waals surface area contributed by atoms with E-state index in [-0.39, 0.29) is 0 Å². The first kappa shape index (κ1) is 20.3. The van der Waals surface area contributed by atoms with Crippen LogP contribution in [0, 0.1) is 0 Å². The number of nitrogens with zero attached hydrogens (tertiary/aromatic N) is 2. The summed E-state index contributed by atoms with van der Waals surface area (Å²) in [4.78, 5) is 5.76. The van der Waals surface area contributed by atoms with Gasteiger partial charge in [-0.15, -0.1) is 11.3 Å². The molecule has 4 nitrogen and oxygen atoms in total. The summed E-state index contributed by atoms with van der Waals surface area (Å²) in [7, 11) is 3.35. The van der Waals surface area contributed by atoms with E-state index in [0.717, 1.165) is 38.8 Å². The number of ether oxygens (including phenoxy) is 2. The molecular formula is C24H21ClN2O2S. The lowest BCUT2D eigenvalue weighted by Crippen LogP contribution is -2.16. The number of hydrogen-bond donors (Lipinski definition) is 0. The molecule has 0 aliphatic heterocycles. The lowest BCUT2D eigenvalue weighted by Gasteiger charge is -2.11.